The Morgan fingerprint density at radius 3 is 2.50 bits per heavy atom. The molecule has 9 heteroatoms. The zero-order chi connectivity index (χ0) is 20.3. The molecular formula is C19H15F3N2O3S. The van der Waals surface area contributed by atoms with Gasteiger partial charge in [0.15, 0.2) is 6.61 Å². The summed E-state index contributed by atoms with van der Waals surface area (Å²) in [4.78, 5) is 29.9. The monoisotopic (exact) mass is 408 g/mol. The molecule has 3 aromatic rings. The fourth-order valence-electron chi connectivity index (χ4n) is 2.50. The van der Waals surface area contributed by atoms with Crippen LogP contribution in [0.4, 0.5) is 13.2 Å². The van der Waals surface area contributed by atoms with Gasteiger partial charge in [0.1, 0.15) is 5.01 Å². The number of alkyl halides is 3. The standard InChI is InChI=1S/C19H15F3N2O3S/c1-24(10-16-23-14-8-4-5-9-15(14)28-16)17(25)11-27-18(26)12-6-2-3-7-13(12)19(20,21)22/h2-9H,10-11H2,1H3. The molecule has 1 amide bonds. The Morgan fingerprint density at radius 2 is 1.79 bits per heavy atom. The molecule has 0 spiro atoms. The Kier molecular flexibility index (Phi) is 5.64. The molecule has 0 aliphatic carbocycles. The van der Waals surface area contributed by atoms with Gasteiger partial charge >= 0.3 is 12.1 Å². The SMILES string of the molecule is CN(Cc1nc2ccccc2s1)C(=O)COC(=O)c1ccccc1C(F)(F)F. The van der Waals surface area contributed by atoms with E-state index in [-0.39, 0.29) is 6.54 Å². The van der Waals surface area contributed by atoms with Gasteiger partial charge < -0.3 is 9.64 Å². The number of halogens is 3. The van der Waals surface area contributed by atoms with E-state index in [4.69, 9.17) is 4.74 Å². The first-order chi connectivity index (χ1) is 13.3. The summed E-state index contributed by atoms with van der Waals surface area (Å²) >= 11 is 1.43. The van der Waals surface area contributed by atoms with Crippen molar-refractivity contribution < 1.29 is 27.5 Å². The molecule has 2 aromatic carbocycles. The van der Waals surface area contributed by atoms with Crippen molar-refractivity contribution in [3.05, 3.63) is 64.7 Å². The van der Waals surface area contributed by atoms with Crippen molar-refractivity contribution in [3.63, 3.8) is 0 Å². The number of likely N-dealkylation sites (N-methyl/N-ethyl adjacent to an activating group) is 1. The van der Waals surface area contributed by atoms with Gasteiger partial charge in [0, 0.05) is 7.05 Å². The van der Waals surface area contributed by atoms with E-state index in [0.717, 1.165) is 22.3 Å². The third-order valence-electron chi connectivity index (χ3n) is 3.92. The number of para-hydroxylation sites is 1. The fourth-order valence-corrected chi connectivity index (χ4v) is 3.52. The number of carbonyl (C=O) groups excluding carboxylic acids is 2. The highest BCUT2D eigenvalue weighted by Gasteiger charge is 2.35. The molecule has 0 fully saturated rings. The molecule has 0 saturated carbocycles. The number of ether oxygens (including phenoxy) is 1. The third-order valence-corrected chi connectivity index (χ3v) is 4.94. The molecule has 146 valence electrons. The second-order valence-electron chi connectivity index (χ2n) is 5.94. The van der Waals surface area contributed by atoms with E-state index in [1.807, 2.05) is 24.3 Å². The average molecular weight is 408 g/mol. The van der Waals surface area contributed by atoms with Crippen LogP contribution in [0.1, 0.15) is 20.9 Å². The number of hydrogen-bond donors (Lipinski definition) is 0. The molecule has 0 atom stereocenters. The molecule has 1 aromatic heterocycles. The van der Waals surface area contributed by atoms with E-state index in [2.05, 4.69) is 4.98 Å². The Labute approximate surface area is 162 Å². The number of esters is 1. The number of benzene rings is 2. The lowest BCUT2D eigenvalue weighted by molar-refractivity contribution is -0.138. The van der Waals surface area contributed by atoms with E-state index < -0.39 is 35.8 Å². The van der Waals surface area contributed by atoms with Crippen molar-refractivity contribution >= 4 is 33.4 Å². The average Bonchev–Trinajstić information content (AvgIpc) is 3.07. The quantitative estimate of drug-likeness (QED) is 0.596. The van der Waals surface area contributed by atoms with Crippen LogP contribution in [-0.4, -0.2) is 35.4 Å². The van der Waals surface area contributed by atoms with Crippen LogP contribution >= 0.6 is 11.3 Å². The van der Waals surface area contributed by atoms with Crippen LogP contribution in [0, 0.1) is 0 Å². The van der Waals surface area contributed by atoms with Crippen molar-refractivity contribution in [3.8, 4) is 0 Å². The molecule has 28 heavy (non-hydrogen) atoms. The molecule has 0 bridgehead atoms. The van der Waals surface area contributed by atoms with Gasteiger partial charge in [0.2, 0.25) is 0 Å². The van der Waals surface area contributed by atoms with Gasteiger partial charge in [-0.1, -0.05) is 24.3 Å². The number of carbonyl (C=O) groups is 2. The Hall–Kier alpha value is -2.94. The van der Waals surface area contributed by atoms with Crippen molar-refractivity contribution in [1.29, 1.82) is 0 Å². The first kappa shape index (κ1) is 19.8. The van der Waals surface area contributed by atoms with E-state index in [9.17, 15) is 22.8 Å². The Bertz CT molecular complexity index is 984. The maximum absolute atomic E-state index is 13.0. The van der Waals surface area contributed by atoms with Crippen molar-refractivity contribution in [2.24, 2.45) is 0 Å². The molecule has 0 N–H and O–H groups in total. The number of fused-ring (bicyclic) bond motifs is 1. The van der Waals surface area contributed by atoms with Gasteiger partial charge in [-0.15, -0.1) is 11.3 Å². The summed E-state index contributed by atoms with van der Waals surface area (Å²) in [6.07, 6.45) is -4.69. The van der Waals surface area contributed by atoms with E-state index >= 15 is 0 Å². The van der Waals surface area contributed by atoms with Crippen LogP contribution in [0.2, 0.25) is 0 Å². The number of thiazole rings is 1. The van der Waals surface area contributed by atoms with Gasteiger partial charge in [-0.05, 0) is 24.3 Å². The highest BCUT2D eigenvalue weighted by atomic mass is 32.1. The first-order valence-corrected chi connectivity index (χ1v) is 8.99. The predicted octanol–water partition coefficient (Wildman–Crippen LogP) is 4.13. The summed E-state index contributed by atoms with van der Waals surface area (Å²) in [5.74, 6) is -1.74. The topological polar surface area (TPSA) is 59.5 Å². The maximum Gasteiger partial charge on any atom is 0.417 e. The van der Waals surface area contributed by atoms with Crippen LogP contribution < -0.4 is 0 Å². The number of nitrogens with zero attached hydrogens (tertiary/aromatic N) is 2. The van der Waals surface area contributed by atoms with Gasteiger partial charge in [0.25, 0.3) is 5.91 Å². The first-order valence-electron chi connectivity index (χ1n) is 8.17. The van der Waals surface area contributed by atoms with Crippen molar-refractivity contribution in [2.45, 2.75) is 12.7 Å². The lowest BCUT2D eigenvalue weighted by Crippen LogP contribution is -2.31. The Balaban J connectivity index is 1.61. The smallest absolute Gasteiger partial charge is 0.417 e. The highest BCUT2D eigenvalue weighted by Crippen LogP contribution is 2.32. The molecule has 0 aliphatic rings. The molecule has 0 saturated heterocycles. The fraction of sp³-hybridized carbons (Fsp3) is 0.211. The third kappa shape index (κ3) is 4.48. The minimum Gasteiger partial charge on any atom is -0.452 e. The molecular weight excluding hydrogens is 393 g/mol. The van der Waals surface area contributed by atoms with Crippen LogP contribution in [0.25, 0.3) is 10.2 Å². The number of hydrogen-bond acceptors (Lipinski definition) is 5. The van der Waals surface area contributed by atoms with Crippen LogP contribution in [-0.2, 0) is 22.3 Å². The largest absolute Gasteiger partial charge is 0.452 e. The summed E-state index contributed by atoms with van der Waals surface area (Å²) in [5, 5.41) is 0.700. The second-order valence-corrected chi connectivity index (χ2v) is 7.06. The summed E-state index contributed by atoms with van der Waals surface area (Å²) < 4.78 is 44.7. The summed E-state index contributed by atoms with van der Waals surface area (Å²) in [7, 11) is 1.51. The number of amides is 1. The zero-order valence-electron chi connectivity index (χ0n) is 14.7. The highest BCUT2D eigenvalue weighted by molar-refractivity contribution is 7.18. The second kappa shape index (κ2) is 7.97. The normalized spacial score (nSPS) is 11.4. The minimum absolute atomic E-state index is 0.203. The summed E-state index contributed by atoms with van der Waals surface area (Å²) in [5.41, 5.74) is -0.912. The number of aromatic nitrogens is 1. The summed E-state index contributed by atoms with van der Waals surface area (Å²) in [6.45, 7) is -0.457. The molecule has 1 heterocycles. The zero-order valence-corrected chi connectivity index (χ0v) is 15.5. The van der Waals surface area contributed by atoms with E-state index in [1.165, 1.54) is 35.4 Å². The van der Waals surface area contributed by atoms with Crippen molar-refractivity contribution in [2.75, 3.05) is 13.7 Å². The van der Waals surface area contributed by atoms with Gasteiger partial charge in [-0.25, -0.2) is 9.78 Å². The number of rotatable bonds is 5. The van der Waals surface area contributed by atoms with Gasteiger partial charge in [0.05, 0.1) is 27.9 Å². The van der Waals surface area contributed by atoms with Crippen LogP contribution in [0.15, 0.2) is 48.5 Å². The lowest BCUT2D eigenvalue weighted by atomic mass is 10.1. The van der Waals surface area contributed by atoms with E-state index in [1.54, 1.807) is 0 Å². The molecule has 3 rings (SSSR count). The Morgan fingerprint density at radius 1 is 1.11 bits per heavy atom. The lowest BCUT2D eigenvalue weighted by Gasteiger charge is -2.16. The maximum atomic E-state index is 13.0. The molecule has 0 unspecified atom stereocenters. The predicted molar refractivity (Wildman–Crippen MR) is 97.8 cm³/mol. The van der Waals surface area contributed by atoms with Gasteiger partial charge in [-0.2, -0.15) is 13.2 Å². The van der Waals surface area contributed by atoms with Gasteiger partial charge in [-0.3, -0.25) is 4.79 Å². The molecule has 5 nitrogen and oxygen atoms in total. The summed E-state index contributed by atoms with van der Waals surface area (Å²) in [6, 6.07) is 11.8. The molecule has 0 radical (unpaired) electrons. The van der Waals surface area contributed by atoms with Crippen LogP contribution in [0.5, 0.6) is 0 Å². The van der Waals surface area contributed by atoms with Crippen molar-refractivity contribution in [1.82, 2.24) is 9.88 Å². The molecule has 0 aliphatic heterocycles. The van der Waals surface area contributed by atoms with E-state index in [0.29, 0.717) is 5.01 Å². The minimum atomic E-state index is -4.69. The van der Waals surface area contributed by atoms with Crippen LogP contribution in [0.3, 0.4) is 0 Å².